The van der Waals surface area contributed by atoms with Gasteiger partial charge >= 0.3 is 11.3 Å². The zero-order valence-electron chi connectivity index (χ0n) is 19.6. The van der Waals surface area contributed by atoms with Crippen molar-refractivity contribution in [2.45, 2.75) is 44.4 Å². The second-order valence-electron chi connectivity index (χ2n) is 6.75. The average Bonchev–Trinajstić information content (AvgIpc) is 2.82. The molecule has 0 bridgehead atoms. The van der Waals surface area contributed by atoms with E-state index in [0.717, 1.165) is 0 Å². The van der Waals surface area contributed by atoms with Gasteiger partial charge in [-0.3, -0.25) is 18.8 Å². The summed E-state index contributed by atoms with van der Waals surface area (Å²) in [4.78, 5) is 59.1. The molecule has 0 aliphatic rings. The van der Waals surface area contributed by atoms with Crippen LogP contribution < -0.4 is 22.4 Å². The van der Waals surface area contributed by atoms with Crippen molar-refractivity contribution in [1.29, 1.82) is 0 Å². The lowest BCUT2D eigenvalue weighted by Crippen LogP contribution is -2.16. The van der Waals surface area contributed by atoms with Crippen molar-refractivity contribution in [3.8, 4) is 0 Å². The molecule has 2 N–H and O–H groups in total. The highest BCUT2D eigenvalue weighted by Gasteiger charge is 2.13. The van der Waals surface area contributed by atoms with Crippen LogP contribution in [0, 0.1) is 0 Å². The van der Waals surface area contributed by atoms with E-state index in [4.69, 9.17) is 32.0 Å². The van der Waals surface area contributed by atoms with Gasteiger partial charge in [0.1, 0.15) is 10.8 Å². The molecule has 0 aromatic carbocycles. The highest BCUT2D eigenvalue weighted by Crippen LogP contribution is 2.14. The van der Waals surface area contributed by atoms with Crippen molar-refractivity contribution in [3.05, 3.63) is 64.8 Å². The third-order valence-corrected chi connectivity index (χ3v) is 5.90. The zero-order chi connectivity index (χ0) is 27.0. The number of thioether (sulfide) groups is 1. The van der Waals surface area contributed by atoms with E-state index in [2.05, 4.69) is 19.9 Å². The predicted molar refractivity (Wildman–Crippen MR) is 148 cm³/mol. The van der Waals surface area contributed by atoms with E-state index < -0.39 is 27.6 Å². The molecule has 11 nitrogen and oxygen atoms in total. The molecular formula is C22H26Cl2N4O7S2. The highest BCUT2D eigenvalue weighted by atomic mass is 35.5. The van der Waals surface area contributed by atoms with Crippen molar-refractivity contribution in [3.63, 3.8) is 0 Å². The van der Waals surface area contributed by atoms with Gasteiger partial charge in [-0.05, 0) is 30.2 Å². The minimum atomic E-state index is -1.44. The summed E-state index contributed by atoms with van der Waals surface area (Å²) in [6, 6.07) is 2.60. The third-order valence-electron chi connectivity index (χ3n) is 4.58. The first kappa shape index (κ1) is 32.3. The maximum Gasteiger partial charge on any atom is 0.337 e. The summed E-state index contributed by atoms with van der Waals surface area (Å²) >= 11 is 10.8. The Labute approximate surface area is 227 Å². The molecule has 4 rings (SSSR count). The van der Waals surface area contributed by atoms with Gasteiger partial charge in [-0.25, -0.2) is 9.59 Å². The van der Waals surface area contributed by atoms with Crippen molar-refractivity contribution in [1.82, 2.24) is 19.9 Å². The van der Waals surface area contributed by atoms with Crippen molar-refractivity contribution < 1.29 is 13.0 Å². The van der Waals surface area contributed by atoms with Crippen molar-refractivity contribution in [2.75, 3.05) is 17.9 Å². The molecule has 202 valence electrons. The smallest absolute Gasteiger partial charge is 0.337 e. The minimum absolute atomic E-state index is 0. The monoisotopic (exact) mass is 592 g/mol. The Kier molecular flexibility index (Phi) is 13.0. The van der Waals surface area contributed by atoms with Gasteiger partial charge in [-0.1, -0.05) is 33.0 Å². The van der Waals surface area contributed by atoms with Gasteiger partial charge in [0, 0.05) is 18.4 Å². The van der Waals surface area contributed by atoms with Crippen molar-refractivity contribution in [2.24, 2.45) is 0 Å². The third kappa shape index (κ3) is 8.12. The summed E-state index contributed by atoms with van der Waals surface area (Å²) in [6.45, 7) is 3.69. The quantitative estimate of drug-likeness (QED) is 0.203. The molecule has 0 radical (unpaired) electrons. The van der Waals surface area contributed by atoms with Gasteiger partial charge in [0.15, 0.2) is 5.16 Å². The first-order chi connectivity index (χ1) is 17.1. The summed E-state index contributed by atoms with van der Waals surface area (Å²) < 4.78 is 21.0. The Bertz CT molecular complexity index is 1630. The van der Waals surface area contributed by atoms with Gasteiger partial charge in [-0.15, -0.1) is 23.2 Å². The molecule has 0 amide bonds. The van der Waals surface area contributed by atoms with Crippen LogP contribution in [0.25, 0.3) is 22.2 Å². The fourth-order valence-corrected chi connectivity index (χ4v) is 3.87. The van der Waals surface area contributed by atoms with E-state index in [1.165, 1.54) is 30.2 Å². The molecule has 0 fully saturated rings. The Morgan fingerprint density at radius 1 is 0.892 bits per heavy atom. The van der Waals surface area contributed by atoms with Gasteiger partial charge < -0.3 is 13.8 Å². The van der Waals surface area contributed by atoms with E-state index in [1.54, 1.807) is 6.26 Å². The molecule has 4 heterocycles. The van der Waals surface area contributed by atoms with Gasteiger partial charge in [-0.2, -0.15) is 9.97 Å². The fourth-order valence-electron chi connectivity index (χ4n) is 3.05. The number of aromatic nitrogens is 4. The number of nitrogens with one attached hydrogen (secondary N) is 2. The summed E-state index contributed by atoms with van der Waals surface area (Å²) in [7, 11) is -1.44. The first-order valence-corrected chi connectivity index (χ1v) is 14.1. The van der Waals surface area contributed by atoms with Gasteiger partial charge in [0.05, 0.1) is 16.1 Å². The summed E-state index contributed by atoms with van der Waals surface area (Å²) in [5.41, 5.74) is -0.489. The van der Waals surface area contributed by atoms with Crippen LogP contribution in [0.5, 0.6) is 0 Å². The SMILES string of the molecule is C.CCc1cc(=O)oc2nc(S(C)=O)[nH]c(=O)c12.CCc1cc(=O)oc2nc(SC)[nH]c(=O)c12.ClCCl. The van der Waals surface area contributed by atoms with Crippen LogP contribution in [0.3, 0.4) is 0 Å². The molecule has 4 aromatic heterocycles. The minimum Gasteiger partial charge on any atom is -0.403 e. The van der Waals surface area contributed by atoms with E-state index in [1.807, 2.05) is 13.8 Å². The molecule has 1 atom stereocenters. The number of H-pyrrole nitrogens is 2. The van der Waals surface area contributed by atoms with Crippen LogP contribution in [0.4, 0.5) is 0 Å². The van der Waals surface area contributed by atoms with E-state index >= 15 is 0 Å². The molecule has 0 aliphatic carbocycles. The number of halogens is 2. The number of aryl methyl sites for hydroxylation is 2. The Morgan fingerprint density at radius 3 is 1.73 bits per heavy atom. The first-order valence-electron chi connectivity index (χ1n) is 10.2. The second kappa shape index (κ2) is 14.9. The standard InChI is InChI=1S/C10H10N2O4S.C10H10N2O3S.CH2Cl2.CH4/c1-3-5-4-6(13)16-9-7(5)8(14)11-10(12-9)17(2)15;1-3-5-4-6(13)15-9-7(5)8(14)11-10(12-9)16-2;2-1-3;/h4H,3H2,1-2H3,(H,11,12,14);4H,3H2,1-2H3,(H,11,12,14);1H2;1H4. The van der Waals surface area contributed by atoms with Crippen LogP contribution in [0.2, 0.25) is 0 Å². The Morgan fingerprint density at radius 2 is 1.32 bits per heavy atom. The zero-order valence-corrected chi connectivity index (χ0v) is 22.7. The van der Waals surface area contributed by atoms with E-state index in [-0.39, 0.29) is 40.3 Å². The number of hydrogen-bond donors (Lipinski definition) is 2. The lowest BCUT2D eigenvalue weighted by Gasteiger charge is -2.02. The molecule has 0 saturated carbocycles. The maximum atomic E-state index is 11.8. The molecule has 4 aromatic rings. The topological polar surface area (TPSA) is 169 Å². The van der Waals surface area contributed by atoms with E-state index in [9.17, 15) is 23.4 Å². The van der Waals surface area contributed by atoms with Crippen LogP contribution in [-0.4, -0.2) is 42.0 Å². The lowest BCUT2D eigenvalue weighted by molar-refractivity contribution is 0.540. The summed E-state index contributed by atoms with van der Waals surface area (Å²) in [5.74, 6) is 0. The molecule has 0 saturated heterocycles. The van der Waals surface area contributed by atoms with Crippen LogP contribution in [0.1, 0.15) is 32.4 Å². The number of hydrogen-bond acceptors (Lipinski definition) is 10. The maximum absolute atomic E-state index is 11.8. The lowest BCUT2D eigenvalue weighted by atomic mass is 10.1. The highest BCUT2D eigenvalue weighted by molar-refractivity contribution is 7.98. The second-order valence-corrected chi connectivity index (χ2v) is 9.65. The molecule has 0 spiro atoms. The predicted octanol–water partition coefficient (Wildman–Crippen LogP) is 3.39. The van der Waals surface area contributed by atoms with Gasteiger partial charge in [0.2, 0.25) is 16.6 Å². The average molecular weight is 594 g/mol. The number of rotatable bonds is 4. The molecular weight excluding hydrogens is 567 g/mol. The van der Waals surface area contributed by atoms with Crippen molar-refractivity contribution >= 4 is 68.0 Å². The Balaban J connectivity index is 0.000000327. The Hall–Kier alpha value is -2.74. The number of alkyl halides is 2. The van der Waals surface area contributed by atoms with Crippen LogP contribution in [0.15, 0.2) is 50.5 Å². The van der Waals surface area contributed by atoms with Crippen LogP contribution >= 0.6 is 35.0 Å². The number of fused-ring (bicyclic) bond motifs is 2. The number of aromatic amines is 2. The molecule has 0 aliphatic heterocycles. The number of nitrogens with zero attached hydrogens (tertiary/aromatic N) is 2. The van der Waals surface area contributed by atoms with Crippen LogP contribution in [-0.2, 0) is 23.6 Å². The fraction of sp³-hybridized carbons (Fsp3) is 0.364. The van der Waals surface area contributed by atoms with E-state index in [0.29, 0.717) is 34.5 Å². The molecule has 15 heteroatoms. The largest absolute Gasteiger partial charge is 0.403 e. The van der Waals surface area contributed by atoms with Gasteiger partial charge in [0.25, 0.3) is 11.1 Å². The summed E-state index contributed by atoms with van der Waals surface area (Å²) in [5, 5.41) is 1.23. The normalized spacial score (nSPS) is 11.1. The summed E-state index contributed by atoms with van der Waals surface area (Å²) in [6.07, 6.45) is 4.27. The molecule has 37 heavy (non-hydrogen) atoms. The molecule has 1 unspecified atom stereocenters.